The zero-order valence-electron chi connectivity index (χ0n) is 9.47. The van der Waals surface area contributed by atoms with Crippen LogP contribution in [-0.4, -0.2) is 22.6 Å². The van der Waals surface area contributed by atoms with Crippen LogP contribution >= 0.6 is 11.3 Å². The Balaban J connectivity index is 2.23. The number of nitrogens with zero attached hydrogens (tertiary/aromatic N) is 2. The second-order valence-corrected chi connectivity index (χ2v) is 4.90. The Kier molecular flexibility index (Phi) is 3.36. The van der Waals surface area contributed by atoms with E-state index in [1.165, 1.54) is 0 Å². The molecule has 0 fully saturated rings. The first-order valence-corrected chi connectivity index (χ1v) is 6.25. The Hall–Kier alpha value is -1.20. The first-order valence-electron chi connectivity index (χ1n) is 5.37. The average Bonchev–Trinajstić information content (AvgIpc) is 2.77. The SMILES string of the molecule is CC(CN)C(C)Nc1ncnc2sccc12. The van der Waals surface area contributed by atoms with Gasteiger partial charge in [0, 0.05) is 6.04 Å². The Morgan fingerprint density at radius 2 is 2.25 bits per heavy atom. The van der Waals surface area contributed by atoms with Gasteiger partial charge in [0.25, 0.3) is 0 Å². The van der Waals surface area contributed by atoms with Crippen molar-refractivity contribution >= 4 is 27.4 Å². The summed E-state index contributed by atoms with van der Waals surface area (Å²) in [5, 5.41) is 6.51. The molecule has 0 saturated carbocycles. The second-order valence-electron chi connectivity index (χ2n) is 4.01. The van der Waals surface area contributed by atoms with Gasteiger partial charge < -0.3 is 11.1 Å². The number of anilines is 1. The maximum Gasteiger partial charge on any atom is 0.138 e. The number of thiophene rings is 1. The first-order chi connectivity index (χ1) is 7.72. The molecule has 2 aromatic heterocycles. The standard InChI is InChI=1S/C11H16N4S/c1-7(5-12)8(2)15-10-9-3-4-16-11(9)14-6-13-10/h3-4,6-8H,5,12H2,1-2H3,(H,13,14,15). The quantitative estimate of drug-likeness (QED) is 0.853. The fourth-order valence-electron chi connectivity index (χ4n) is 1.47. The molecule has 0 radical (unpaired) electrons. The molecule has 0 bridgehead atoms. The van der Waals surface area contributed by atoms with Gasteiger partial charge in [-0.2, -0.15) is 0 Å². The van der Waals surface area contributed by atoms with E-state index in [4.69, 9.17) is 5.73 Å². The molecule has 4 nitrogen and oxygen atoms in total. The van der Waals surface area contributed by atoms with E-state index in [-0.39, 0.29) is 0 Å². The summed E-state index contributed by atoms with van der Waals surface area (Å²) < 4.78 is 0. The average molecular weight is 236 g/mol. The molecule has 3 N–H and O–H groups in total. The molecule has 16 heavy (non-hydrogen) atoms. The third kappa shape index (κ3) is 2.15. The maximum atomic E-state index is 5.65. The molecule has 0 saturated heterocycles. The Labute approximate surface area is 98.9 Å². The van der Waals surface area contributed by atoms with Crippen molar-refractivity contribution in [1.29, 1.82) is 0 Å². The van der Waals surface area contributed by atoms with E-state index in [9.17, 15) is 0 Å². The summed E-state index contributed by atoms with van der Waals surface area (Å²) in [6.07, 6.45) is 1.60. The number of hydrogen-bond donors (Lipinski definition) is 2. The van der Waals surface area contributed by atoms with Crippen LogP contribution in [0.4, 0.5) is 5.82 Å². The minimum absolute atomic E-state index is 0.308. The fourth-order valence-corrected chi connectivity index (χ4v) is 2.20. The number of hydrogen-bond acceptors (Lipinski definition) is 5. The predicted molar refractivity (Wildman–Crippen MR) is 68.7 cm³/mol. The van der Waals surface area contributed by atoms with Crippen molar-refractivity contribution in [3.63, 3.8) is 0 Å². The minimum Gasteiger partial charge on any atom is -0.367 e. The number of rotatable bonds is 4. The monoisotopic (exact) mass is 236 g/mol. The molecule has 2 unspecified atom stereocenters. The lowest BCUT2D eigenvalue weighted by Crippen LogP contribution is -2.29. The van der Waals surface area contributed by atoms with E-state index >= 15 is 0 Å². The lowest BCUT2D eigenvalue weighted by Gasteiger charge is -2.20. The van der Waals surface area contributed by atoms with Crippen molar-refractivity contribution in [3.8, 4) is 0 Å². The molecular formula is C11H16N4S. The number of fused-ring (bicyclic) bond motifs is 1. The van der Waals surface area contributed by atoms with Gasteiger partial charge in [0.05, 0.1) is 5.39 Å². The van der Waals surface area contributed by atoms with Crippen molar-refractivity contribution in [1.82, 2.24) is 9.97 Å². The highest BCUT2D eigenvalue weighted by Crippen LogP contribution is 2.24. The van der Waals surface area contributed by atoms with Gasteiger partial charge in [-0.05, 0) is 30.8 Å². The van der Waals surface area contributed by atoms with Gasteiger partial charge in [-0.15, -0.1) is 11.3 Å². The van der Waals surface area contributed by atoms with Gasteiger partial charge in [-0.25, -0.2) is 9.97 Å². The van der Waals surface area contributed by atoms with Crippen molar-refractivity contribution in [2.75, 3.05) is 11.9 Å². The van der Waals surface area contributed by atoms with Crippen LogP contribution < -0.4 is 11.1 Å². The first kappa shape index (κ1) is 11.3. The topological polar surface area (TPSA) is 63.8 Å². The van der Waals surface area contributed by atoms with E-state index in [0.29, 0.717) is 18.5 Å². The van der Waals surface area contributed by atoms with Crippen LogP contribution in [-0.2, 0) is 0 Å². The molecule has 5 heteroatoms. The third-order valence-corrected chi connectivity index (χ3v) is 3.67. The Morgan fingerprint density at radius 1 is 1.44 bits per heavy atom. The number of aromatic nitrogens is 2. The third-order valence-electron chi connectivity index (χ3n) is 2.85. The van der Waals surface area contributed by atoms with Crippen LogP contribution in [0.1, 0.15) is 13.8 Å². The second kappa shape index (κ2) is 4.76. The minimum atomic E-state index is 0.308. The summed E-state index contributed by atoms with van der Waals surface area (Å²) in [7, 11) is 0. The van der Waals surface area contributed by atoms with E-state index in [0.717, 1.165) is 16.0 Å². The zero-order valence-corrected chi connectivity index (χ0v) is 10.3. The largest absolute Gasteiger partial charge is 0.367 e. The Bertz CT molecular complexity index is 468. The Morgan fingerprint density at radius 3 is 3.00 bits per heavy atom. The highest BCUT2D eigenvalue weighted by molar-refractivity contribution is 7.16. The van der Waals surface area contributed by atoms with Gasteiger partial charge in [-0.3, -0.25) is 0 Å². The summed E-state index contributed by atoms with van der Waals surface area (Å²) in [5.74, 6) is 1.32. The lowest BCUT2D eigenvalue weighted by molar-refractivity contribution is 0.520. The van der Waals surface area contributed by atoms with Crippen LogP contribution in [0.5, 0.6) is 0 Å². The fraction of sp³-hybridized carbons (Fsp3) is 0.455. The molecule has 0 aromatic carbocycles. The highest BCUT2D eigenvalue weighted by Gasteiger charge is 2.12. The maximum absolute atomic E-state index is 5.65. The van der Waals surface area contributed by atoms with E-state index in [1.54, 1.807) is 17.7 Å². The smallest absolute Gasteiger partial charge is 0.138 e. The van der Waals surface area contributed by atoms with Crippen LogP contribution in [0, 0.1) is 5.92 Å². The lowest BCUT2D eigenvalue weighted by atomic mass is 10.0. The molecule has 2 atom stereocenters. The van der Waals surface area contributed by atoms with Gasteiger partial charge in [-0.1, -0.05) is 6.92 Å². The van der Waals surface area contributed by atoms with Crippen molar-refractivity contribution in [3.05, 3.63) is 17.8 Å². The summed E-state index contributed by atoms with van der Waals surface area (Å²) in [4.78, 5) is 9.51. The van der Waals surface area contributed by atoms with Gasteiger partial charge in [0.15, 0.2) is 0 Å². The summed E-state index contributed by atoms with van der Waals surface area (Å²) >= 11 is 1.63. The molecule has 0 amide bonds. The van der Waals surface area contributed by atoms with Crippen molar-refractivity contribution in [2.45, 2.75) is 19.9 Å². The highest BCUT2D eigenvalue weighted by atomic mass is 32.1. The molecule has 2 aromatic rings. The van der Waals surface area contributed by atoms with E-state index in [1.807, 2.05) is 11.4 Å². The number of nitrogens with one attached hydrogen (secondary N) is 1. The molecule has 2 heterocycles. The van der Waals surface area contributed by atoms with Crippen molar-refractivity contribution < 1.29 is 0 Å². The van der Waals surface area contributed by atoms with Gasteiger partial charge >= 0.3 is 0 Å². The van der Waals surface area contributed by atoms with Crippen LogP contribution in [0.15, 0.2) is 17.8 Å². The summed E-state index contributed by atoms with van der Waals surface area (Å²) in [6, 6.07) is 2.35. The molecule has 0 spiro atoms. The molecule has 0 aliphatic rings. The van der Waals surface area contributed by atoms with Gasteiger partial charge in [0.1, 0.15) is 17.0 Å². The van der Waals surface area contributed by atoms with E-state index < -0.39 is 0 Å². The summed E-state index contributed by atoms with van der Waals surface area (Å²) in [6.45, 7) is 4.92. The van der Waals surface area contributed by atoms with Crippen LogP contribution in [0.2, 0.25) is 0 Å². The molecule has 0 aliphatic carbocycles. The predicted octanol–water partition coefficient (Wildman–Crippen LogP) is 2.09. The summed E-state index contributed by atoms with van der Waals surface area (Å²) in [5.41, 5.74) is 5.65. The molecule has 2 rings (SSSR count). The van der Waals surface area contributed by atoms with Crippen LogP contribution in [0.25, 0.3) is 10.2 Å². The molecular weight excluding hydrogens is 220 g/mol. The van der Waals surface area contributed by atoms with E-state index in [2.05, 4.69) is 29.1 Å². The van der Waals surface area contributed by atoms with Crippen LogP contribution in [0.3, 0.4) is 0 Å². The number of nitrogens with two attached hydrogens (primary N) is 1. The van der Waals surface area contributed by atoms with Crippen molar-refractivity contribution in [2.24, 2.45) is 11.7 Å². The van der Waals surface area contributed by atoms with Gasteiger partial charge in [0.2, 0.25) is 0 Å². The normalized spacial score (nSPS) is 14.9. The molecule has 86 valence electrons. The molecule has 0 aliphatic heterocycles. The zero-order chi connectivity index (χ0) is 11.5.